The number of nitrogens with one attached hydrogen (secondary N) is 1. The number of thioether (sulfide) groups is 1. The molecule has 1 aromatic heterocycles. The van der Waals surface area contributed by atoms with Gasteiger partial charge in [0.15, 0.2) is 0 Å². The van der Waals surface area contributed by atoms with Gasteiger partial charge in [0, 0.05) is 19.7 Å². The third-order valence-corrected chi connectivity index (χ3v) is 2.78. The van der Waals surface area contributed by atoms with Crippen molar-refractivity contribution in [2.45, 2.75) is 13.3 Å². The van der Waals surface area contributed by atoms with E-state index in [1.165, 1.54) is 17.9 Å². The number of aromatic nitrogens is 2. The second kappa shape index (κ2) is 5.91. The number of hydrogen-bond donors (Lipinski definition) is 1. The average molecular weight is 199 g/mol. The Bertz CT molecular complexity index is 235. The molecular weight excluding hydrogens is 182 g/mol. The lowest BCUT2D eigenvalue weighted by Gasteiger charge is -2.05. The largest absolute Gasteiger partial charge is 0.370 e. The van der Waals surface area contributed by atoms with Crippen LogP contribution in [0, 0.1) is 0 Å². The van der Waals surface area contributed by atoms with E-state index in [1.54, 1.807) is 0 Å². The zero-order valence-electron chi connectivity index (χ0n) is 8.29. The summed E-state index contributed by atoms with van der Waals surface area (Å²) in [5.74, 6) is 3.55. The van der Waals surface area contributed by atoms with Gasteiger partial charge in [-0.25, -0.2) is 0 Å². The first-order valence-corrected chi connectivity index (χ1v) is 5.79. The van der Waals surface area contributed by atoms with E-state index in [4.69, 9.17) is 0 Å². The minimum atomic E-state index is 1.03. The summed E-state index contributed by atoms with van der Waals surface area (Å²) in [7, 11) is 1.95. The molecule has 13 heavy (non-hydrogen) atoms. The monoisotopic (exact) mass is 199 g/mol. The van der Waals surface area contributed by atoms with Crippen molar-refractivity contribution in [3.05, 3.63) is 12.3 Å². The molecule has 4 heteroatoms. The highest BCUT2D eigenvalue weighted by molar-refractivity contribution is 7.99. The molecule has 3 nitrogen and oxygen atoms in total. The topological polar surface area (TPSA) is 29.9 Å². The summed E-state index contributed by atoms with van der Waals surface area (Å²) in [6.45, 7) is 3.23. The Hall–Kier alpha value is -0.640. The van der Waals surface area contributed by atoms with Gasteiger partial charge in [-0.05, 0) is 17.9 Å². The van der Waals surface area contributed by atoms with Gasteiger partial charge < -0.3 is 5.32 Å². The Morgan fingerprint density at radius 2 is 2.46 bits per heavy atom. The van der Waals surface area contributed by atoms with Crippen LogP contribution in [-0.4, -0.2) is 27.8 Å². The van der Waals surface area contributed by atoms with Crippen LogP contribution in [0.25, 0.3) is 0 Å². The van der Waals surface area contributed by atoms with E-state index < -0.39 is 0 Å². The maximum absolute atomic E-state index is 4.08. The van der Waals surface area contributed by atoms with Crippen LogP contribution < -0.4 is 5.32 Å². The molecule has 1 N–H and O–H groups in total. The van der Waals surface area contributed by atoms with E-state index in [9.17, 15) is 0 Å². The minimum Gasteiger partial charge on any atom is -0.370 e. The summed E-state index contributed by atoms with van der Waals surface area (Å²) in [6.07, 6.45) is 3.02. The molecule has 0 atom stereocenters. The third kappa shape index (κ3) is 3.72. The lowest BCUT2D eigenvalue weighted by molar-refractivity contribution is 0.767. The van der Waals surface area contributed by atoms with Crippen LogP contribution >= 0.6 is 11.8 Å². The van der Waals surface area contributed by atoms with Gasteiger partial charge in [0.25, 0.3) is 0 Å². The van der Waals surface area contributed by atoms with Crippen molar-refractivity contribution < 1.29 is 0 Å². The summed E-state index contributed by atoms with van der Waals surface area (Å²) < 4.78 is 1.85. The molecule has 0 unspecified atom stereocenters. The maximum Gasteiger partial charge on any atom is 0.123 e. The molecule has 1 rings (SSSR count). The Balaban J connectivity index is 2.10. The summed E-state index contributed by atoms with van der Waals surface area (Å²) in [5, 5.41) is 7.42. The van der Waals surface area contributed by atoms with Crippen LogP contribution in [0.5, 0.6) is 0 Å². The van der Waals surface area contributed by atoms with Gasteiger partial charge in [0.05, 0.1) is 6.20 Å². The maximum atomic E-state index is 4.08. The predicted octanol–water partition coefficient (Wildman–Crippen LogP) is 1.98. The van der Waals surface area contributed by atoms with Crippen molar-refractivity contribution in [2.75, 3.05) is 23.4 Å². The van der Waals surface area contributed by atoms with Gasteiger partial charge in [0.1, 0.15) is 5.82 Å². The molecule has 0 spiro atoms. The molecule has 74 valence electrons. The third-order valence-electron chi connectivity index (χ3n) is 1.80. The van der Waals surface area contributed by atoms with Crippen molar-refractivity contribution >= 4 is 17.6 Å². The van der Waals surface area contributed by atoms with Crippen molar-refractivity contribution in [1.82, 2.24) is 9.78 Å². The normalized spacial score (nSPS) is 10.3. The van der Waals surface area contributed by atoms with Crippen LogP contribution in [0.3, 0.4) is 0 Å². The molecule has 0 aromatic carbocycles. The number of nitrogens with zero attached hydrogens (tertiary/aromatic N) is 2. The standard InChI is InChI=1S/C9H17N3S/c1-3-13-8-4-6-10-9-5-7-11-12(9)2/h5,7,10H,3-4,6,8H2,1-2H3. The first kappa shape index (κ1) is 10.4. The van der Waals surface area contributed by atoms with Gasteiger partial charge in [-0.1, -0.05) is 6.92 Å². The van der Waals surface area contributed by atoms with Crippen molar-refractivity contribution in [3.63, 3.8) is 0 Å². The molecule has 0 fully saturated rings. The highest BCUT2D eigenvalue weighted by Crippen LogP contribution is 2.05. The Labute approximate surface area is 83.9 Å². The van der Waals surface area contributed by atoms with Crippen LogP contribution in [0.4, 0.5) is 5.82 Å². The molecule has 0 aliphatic rings. The van der Waals surface area contributed by atoms with Crippen molar-refractivity contribution in [2.24, 2.45) is 7.05 Å². The van der Waals surface area contributed by atoms with Gasteiger partial charge in [-0.3, -0.25) is 4.68 Å². The van der Waals surface area contributed by atoms with E-state index in [-0.39, 0.29) is 0 Å². The van der Waals surface area contributed by atoms with Crippen molar-refractivity contribution in [1.29, 1.82) is 0 Å². The lowest BCUT2D eigenvalue weighted by Crippen LogP contribution is -2.06. The Morgan fingerprint density at radius 1 is 1.62 bits per heavy atom. The quantitative estimate of drug-likeness (QED) is 0.710. The van der Waals surface area contributed by atoms with Crippen LogP contribution in [0.1, 0.15) is 13.3 Å². The first-order chi connectivity index (χ1) is 6.34. The molecule has 0 aliphatic carbocycles. The highest BCUT2D eigenvalue weighted by atomic mass is 32.2. The van der Waals surface area contributed by atoms with E-state index >= 15 is 0 Å². The molecule has 0 amide bonds. The zero-order valence-corrected chi connectivity index (χ0v) is 9.10. The summed E-state index contributed by atoms with van der Waals surface area (Å²) in [5.41, 5.74) is 0. The smallest absolute Gasteiger partial charge is 0.123 e. The molecule has 0 bridgehead atoms. The second-order valence-electron chi connectivity index (χ2n) is 2.82. The summed E-state index contributed by atoms with van der Waals surface area (Å²) in [6, 6.07) is 1.99. The predicted molar refractivity (Wildman–Crippen MR) is 59.3 cm³/mol. The van der Waals surface area contributed by atoms with Crippen LogP contribution in [0.15, 0.2) is 12.3 Å². The number of rotatable bonds is 6. The summed E-state index contributed by atoms with van der Waals surface area (Å²) >= 11 is 1.99. The van der Waals surface area contributed by atoms with Gasteiger partial charge in [-0.15, -0.1) is 0 Å². The molecule has 1 aromatic rings. The number of hydrogen-bond acceptors (Lipinski definition) is 3. The van der Waals surface area contributed by atoms with Crippen molar-refractivity contribution in [3.8, 4) is 0 Å². The molecule has 0 radical (unpaired) electrons. The van der Waals surface area contributed by atoms with E-state index in [2.05, 4.69) is 17.3 Å². The second-order valence-corrected chi connectivity index (χ2v) is 4.21. The van der Waals surface area contributed by atoms with Crippen LogP contribution in [-0.2, 0) is 7.05 Å². The minimum absolute atomic E-state index is 1.03. The molecule has 1 heterocycles. The molecular formula is C9H17N3S. The fraction of sp³-hybridized carbons (Fsp3) is 0.667. The van der Waals surface area contributed by atoms with Gasteiger partial charge >= 0.3 is 0 Å². The van der Waals surface area contributed by atoms with E-state index in [1.807, 2.05) is 35.8 Å². The Kier molecular flexibility index (Phi) is 4.75. The number of anilines is 1. The van der Waals surface area contributed by atoms with E-state index in [0.717, 1.165) is 12.4 Å². The summed E-state index contributed by atoms with van der Waals surface area (Å²) in [4.78, 5) is 0. The molecule has 0 saturated carbocycles. The number of aryl methyl sites for hydroxylation is 1. The molecule has 0 saturated heterocycles. The average Bonchev–Trinajstić information content (AvgIpc) is 2.52. The Morgan fingerprint density at radius 3 is 3.08 bits per heavy atom. The SMILES string of the molecule is CCSCCCNc1ccnn1C. The van der Waals surface area contributed by atoms with Crippen LogP contribution in [0.2, 0.25) is 0 Å². The molecule has 0 aliphatic heterocycles. The van der Waals surface area contributed by atoms with Gasteiger partial charge in [-0.2, -0.15) is 16.9 Å². The lowest BCUT2D eigenvalue weighted by atomic mass is 10.4. The fourth-order valence-corrected chi connectivity index (χ4v) is 1.72. The van der Waals surface area contributed by atoms with Gasteiger partial charge in [0.2, 0.25) is 0 Å². The highest BCUT2D eigenvalue weighted by Gasteiger charge is 1.95. The van der Waals surface area contributed by atoms with E-state index in [0.29, 0.717) is 0 Å². The first-order valence-electron chi connectivity index (χ1n) is 4.64. The zero-order chi connectivity index (χ0) is 9.52. The fourth-order valence-electron chi connectivity index (χ4n) is 1.08.